The first-order chi connectivity index (χ1) is 9.49. The Kier molecular flexibility index (Phi) is 4.62. The normalized spacial score (nSPS) is 10.3. The summed E-state index contributed by atoms with van der Waals surface area (Å²) >= 11 is 9.57. The Morgan fingerprint density at radius 2 is 2.10 bits per heavy atom. The molecule has 0 fully saturated rings. The van der Waals surface area contributed by atoms with E-state index in [1.165, 1.54) is 12.1 Å². The number of hydrogen-bond donors (Lipinski definition) is 1. The Bertz CT molecular complexity index is 662. The molecule has 0 amide bonds. The number of rotatable bonds is 4. The number of aryl methyl sites for hydroxylation is 1. The van der Waals surface area contributed by atoms with Crippen molar-refractivity contribution in [1.29, 1.82) is 0 Å². The van der Waals surface area contributed by atoms with Crippen LogP contribution < -0.4 is 5.32 Å². The molecule has 0 saturated heterocycles. The molecule has 0 unspecified atom stereocenters. The summed E-state index contributed by atoms with van der Waals surface area (Å²) in [6.45, 7) is 2.51. The molecule has 0 spiro atoms. The van der Waals surface area contributed by atoms with Crippen LogP contribution in [0, 0.1) is 17.0 Å². The van der Waals surface area contributed by atoms with E-state index in [0.717, 1.165) is 21.3 Å². The molecule has 0 atom stereocenters. The van der Waals surface area contributed by atoms with E-state index in [0.29, 0.717) is 11.6 Å². The number of hydrogen-bond acceptors (Lipinski definition) is 3. The molecule has 0 aliphatic rings. The van der Waals surface area contributed by atoms with Crippen molar-refractivity contribution in [2.45, 2.75) is 13.5 Å². The predicted molar refractivity (Wildman–Crippen MR) is 84.3 cm³/mol. The van der Waals surface area contributed by atoms with Gasteiger partial charge in [-0.3, -0.25) is 10.1 Å². The Labute approximate surface area is 130 Å². The van der Waals surface area contributed by atoms with Gasteiger partial charge in [-0.05, 0) is 46.1 Å². The summed E-state index contributed by atoms with van der Waals surface area (Å²) in [5.41, 5.74) is 2.89. The Morgan fingerprint density at radius 1 is 1.35 bits per heavy atom. The molecule has 20 heavy (non-hydrogen) atoms. The molecule has 2 aromatic carbocycles. The smallest absolute Gasteiger partial charge is 0.270 e. The highest BCUT2D eigenvalue weighted by atomic mass is 79.9. The number of anilines is 1. The Morgan fingerprint density at radius 3 is 2.75 bits per heavy atom. The summed E-state index contributed by atoms with van der Waals surface area (Å²) in [6.07, 6.45) is 0. The highest BCUT2D eigenvalue weighted by molar-refractivity contribution is 9.10. The van der Waals surface area contributed by atoms with Crippen molar-refractivity contribution in [2.75, 3.05) is 5.32 Å². The number of halogens is 2. The van der Waals surface area contributed by atoms with Crippen LogP contribution in [0.5, 0.6) is 0 Å². The number of benzene rings is 2. The van der Waals surface area contributed by atoms with Gasteiger partial charge in [0.1, 0.15) is 0 Å². The van der Waals surface area contributed by atoms with Gasteiger partial charge in [-0.15, -0.1) is 0 Å². The zero-order valence-electron chi connectivity index (χ0n) is 10.7. The molecule has 104 valence electrons. The SMILES string of the molecule is Cc1cccc(NCc2ccc([N+](=O)[O-])cc2Cl)c1Br. The predicted octanol–water partition coefficient (Wildman–Crippen LogP) is 4.93. The Hall–Kier alpha value is -1.59. The van der Waals surface area contributed by atoms with Gasteiger partial charge >= 0.3 is 0 Å². The second-order valence-electron chi connectivity index (χ2n) is 4.32. The van der Waals surface area contributed by atoms with Crippen LogP contribution in [-0.2, 0) is 6.54 Å². The third-order valence-corrected chi connectivity index (χ3v) is 4.31. The van der Waals surface area contributed by atoms with Gasteiger partial charge in [0.15, 0.2) is 0 Å². The van der Waals surface area contributed by atoms with Crippen molar-refractivity contribution in [3.63, 3.8) is 0 Å². The topological polar surface area (TPSA) is 55.2 Å². The van der Waals surface area contributed by atoms with Crippen LogP contribution in [0.25, 0.3) is 0 Å². The maximum absolute atomic E-state index is 10.7. The quantitative estimate of drug-likeness (QED) is 0.625. The summed E-state index contributed by atoms with van der Waals surface area (Å²) in [6, 6.07) is 10.4. The molecule has 0 aliphatic heterocycles. The van der Waals surface area contributed by atoms with E-state index in [1.54, 1.807) is 6.07 Å². The fraction of sp³-hybridized carbons (Fsp3) is 0.143. The van der Waals surface area contributed by atoms with Crippen LogP contribution in [0.15, 0.2) is 40.9 Å². The van der Waals surface area contributed by atoms with Crippen molar-refractivity contribution >= 4 is 38.9 Å². The molecule has 0 aliphatic carbocycles. The van der Waals surface area contributed by atoms with E-state index in [2.05, 4.69) is 21.2 Å². The lowest BCUT2D eigenvalue weighted by atomic mass is 10.2. The first-order valence-electron chi connectivity index (χ1n) is 5.91. The molecule has 2 rings (SSSR count). The van der Waals surface area contributed by atoms with Gasteiger partial charge in [0, 0.05) is 28.8 Å². The largest absolute Gasteiger partial charge is 0.380 e. The molecular weight excluding hydrogens is 344 g/mol. The van der Waals surface area contributed by atoms with Gasteiger partial charge in [0.25, 0.3) is 5.69 Å². The molecule has 0 aromatic heterocycles. The minimum Gasteiger partial charge on any atom is -0.380 e. The summed E-state index contributed by atoms with van der Waals surface area (Å²) in [4.78, 5) is 10.2. The van der Waals surface area contributed by atoms with E-state index in [-0.39, 0.29) is 5.69 Å². The third kappa shape index (κ3) is 3.29. The summed E-state index contributed by atoms with van der Waals surface area (Å²) in [5.74, 6) is 0. The number of nitrogens with one attached hydrogen (secondary N) is 1. The number of nitro benzene ring substituents is 1. The molecule has 2 aromatic rings. The van der Waals surface area contributed by atoms with Gasteiger partial charge < -0.3 is 5.32 Å². The van der Waals surface area contributed by atoms with Crippen molar-refractivity contribution in [3.05, 3.63) is 67.1 Å². The molecular formula is C14H12BrClN2O2. The van der Waals surface area contributed by atoms with Crippen LogP contribution in [0.3, 0.4) is 0 Å². The van der Waals surface area contributed by atoms with E-state index in [1.807, 2.05) is 25.1 Å². The average Bonchev–Trinajstić information content (AvgIpc) is 2.41. The van der Waals surface area contributed by atoms with E-state index in [4.69, 9.17) is 11.6 Å². The van der Waals surface area contributed by atoms with E-state index >= 15 is 0 Å². The fourth-order valence-electron chi connectivity index (χ4n) is 1.77. The maximum atomic E-state index is 10.7. The third-order valence-electron chi connectivity index (χ3n) is 2.91. The zero-order valence-corrected chi connectivity index (χ0v) is 13.0. The van der Waals surface area contributed by atoms with Gasteiger partial charge in [0.05, 0.1) is 9.95 Å². The maximum Gasteiger partial charge on any atom is 0.270 e. The second-order valence-corrected chi connectivity index (χ2v) is 5.52. The molecule has 1 N–H and O–H groups in total. The first kappa shape index (κ1) is 14.8. The molecule has 4 nitrogen and oxygen atoms in total. The van der Waals surface area contributed by atoms with Crippen molar-refractivity contribution in [3.8, 4) is 0 Å². The van der Waals surface area contributed by atoms with Crippen LogP contribution >= 0.6 is 27.5 Å². The van der Waals surface area contributed by atoms with Crippen LogP contribution in [-0.4, -0.2) is 4.92 Å². The van der Waals surface area contributed by atoms with Gasteiger partial charge in [-0.1, -0.05) is 23.7 Å². The molecule has 0 heterocycles. The molecule has 0 saturated carbocycles. The lowest BCUT2D eigenvalue weighted by molar-refractivity contribution is -0.384. The minimum atomic E-state index is -0.458. The zero-order chi connectivity index (χ0) is 14.7. The molecule has 0 radical (unpaired) electrons. The van der Waals surface area contributed by atoms with Gasteiger partial charge in [0.2, 0.25) is 0 Å². The van der Waals surface area contributed by atoms with Crippen LogP contribution in [0.2, 0.25) is 5.02 Å². The Balaban J connectivity index is 2.15. The van der Waals surface area contributed by atoms with Gasteiger partial charge in [-0.2, -0.15) is 0 Å². The summed E-state index contributed by atoms with van der Waals surface area (Å²) in [5, 5.41) is 14.3. The first-order valence-corrected chi connectivity index (χ1v) is 7.08. The van der Waals surface area contributed by atoms with E-state index < -0.39 is 4.92 Å². The fourth-order valence-corrected chi connectivity index (χ4v) is 2.41. The minimum absolute atomic E-state index is 0.00418. The molecule has 6 heteroatoms. The number of nitro groups is 1. The number of nitrogens with zero attached hydrogens (tertiary/aromatic N) is 1. The second kappa shape index (κ2) is 6.24. The highest BCUT2D eigenvalue weighted by Gasteiger charge is 2.09. The summed E-state index contributed by atoms with van der Waals surface area (Å²) < 4.78 is 0.998. The van der Waals surface area contributed by atoms with Crippen molar-refractivity contribution < 1.29 is 4.92 Å². The number of non-ortho nitro benzene ring substituents is 1. The van der Waals surface area contributed by atoms with Crippen molar-refractivity contribution in [2.24, 2.45) is 0 Å². The lowest BCUT2D eigenvalue weighted by Gasteiger charge is -2.11. The van der Waals surface area contributed by atoms with Gasteiger partial charge in [-0.25, -0.2) is 0 Å². The van der Waals surface area contributed by atoms with E-state index in [9.17, 15) is 10.1 Å². The standard InChI is InChI=1S/C14H12BrClN2O2/c1-9-3-2-4-13(14(9)15)17-8-10-5-6-11(18(19)20)7-12(10)16/h2-7,17H,8H2,1H3. The lowest BCUT2D eigenvalue weighted by Crippen LogP contribution is -2.01. The average molecular weight is 356 g/mol. The monoisotopic (exact) mass is 354 g/mol. The highest BCUT2D eigenvalue weighted by Crippen LogP contribution is 2.28. The van der Waals surface area contributed by atoms with Crippen molar-refractivity contribution in [1.82, 2.24) is 0 Å². The van der Waals surface area contributed by atoms with Crippen LogP contribution in [0.1, 0.15) is 11.1 Å². The summed E-state index contributed by atoms with van der Waals surface area (Å²) in [7, 11) is 0. The molecule has 0 bridgehead atoms. The van der Waals surface area contributed by atoms with Crippen LogP contribution in [0.4, 0.5) is 11.4 Å².